The second-order valence-corrected chi connectivity index (χ2v) is 9.91. The number of nitrogens with zero attached hydrogens (tertiary/aromatic N) is 3. The summed E-state index contributed by atoms with van der Waals surface area (Å²) >= 11 is 7.86. The van der Waals surface area contributed by atoms with E-state index in [1.165, 1.54) is 28.7 Å². The molecule has 0 aliphatic rings. The fourth-order valence-electron chi connectivity index (χ4n) is 2.17. The van der Waals surface area contributed by atoms with Crippen LogP contribution in [0.3, 0.4) is 0 Å². The predicted molar refractivity (Wildman–Crippen MR) is 123 cm³/mol. The topological polar surface area (TPSA) is 76.5 Å². The lowest BCUT2D eigenvalue weighted by Gasteiger charge is -2.04. The van der Waals surface area contributed by atoms with Crippen molar-refractivity contribution in [3.8, 4) is 5.75 Å². The molecule has 0 saturated carbocycles. The number of rotatable bonds is 9. The molecule has 0 bridgehead atoms. The number of thioether (sulfide) groups is 2. The number of carbonyl (C=O) groups excluding carboxylic acids is 1. The molecule has 1 aromatic heterocycles. The highest BCUT2D eigenvalue weighted by molar-refractivity contribution is 9.10. The molecule has 29 heavy (non-hydrogen) atoms. The summed E-state index contributed by atoms with van der Waals surface area (Å²) in [5.74, 6) is 1.52. The molecule has 150 valence electrons. The van der Waals surface area contributed by atoms with Gasteiger partial charge in [-0.15, -0.1) is 10.2 Å². The summed E-state index contributed by atoms with van der Waals surface area (Å²) in [7, 11) is 1.59. The summed E-state index contributed by atoms with van der Waals surface area (Å²) in [6.07, 6.45) is 1.55. The number of hydrogen-bond donors (Lipinski definition) is 1. The molecule has 1 N–H and O–H groups in total. The smallest absolute Gasteiger partial charge is 0.250 e. The molecule has 2 aromatic carbocycles. The van der Waals surface area contributed by atoms with Gasteiger partial charge in [-0.05, 0) is 23.8 Å². The fourth-order valence-corrected chi connectivity index (χ4v) is 5.32. The summed E-state index contributed by atoms with van der Waals surface area (Å²) in [6, 6.07) is 15.8. The zero-order valence-corrected chi connectivity index (χ0v) is 19.4. The number of methoxy groups -OCH3 is 1. The van der Waals surface area contributed by atoms with Crippen molar-refractivity contribution in [2.24, 2.45) is 5.10 Å². The molecule has 0 aliphatic carbocycles. The number of carbonyl (C=O) groups is 1. The Bertz CT molecular complexity index is 983. The van der Waals surface area contributed by atoms with E-state index in [0.717, 1.165) is 24.5 Å². The van der Waals surface area contributed by atoms with Crippen LogP contribution in [0.4, 0.5) is 0 Å². The highest BCUT2D eigenvalue weighted by atomic mass is 79.9. The SMILES string of the molecule is COc1ccc(Br)cc1C=NNC(=O)CSc1nnc(SCc2ccccc2)s1. The molecule has 0 unspecified atom stereocenters. The normalized spacial score (nSPS) is 11.0. The van der Waals surface area contributed by atoms with Crippen molar-refractivity contribution >= 4 is 62.9 Å². The Kier molecular flexibility index (Phi) is 8.53. The minimum atomic E-state index is -0.214. The molecule has 3 rings (SSSR count). The van der Waals surface area contributed by atoms with Crippen LogP contribution in [0.2, 0.25) is 0 Å². The monoisotopic (exact) mass is 508 g/mol. The van der Waals surface area contributed by atoms with Gasteiger partial charge < -0.3 is 4.74 Å². The third-order valence-corrected chi connectivity index (χ3v) is 7.26. The van der Waals surface area contributed by atoms with Crippen LogP contribution < -0.4 is 10.2 Å². The maximum Gasteiger partial charge on any atom is 0.250 e. The number of aromatic nitrogens is 2. The zero-order valence-electron chi connectivity index (χ0n) is 15.4. The quantitative estimate of drug-likeness (QED) is 0.253. The van der Waals surface area contributed by atoms with Crippen molar-refractivity contribution < 1.29 is 9.53 Å². The van der Waals surface area contributed by atoms with Gasteiger partial charge in [0.15, 0.2) is 8.68 Å². The molecule has 0 fully saturated rings. The Morgan fingerprint density at radius 3 is 2.72 bits per heavy atom. The Labute approximate surface area is 189 Å². The fraction of sp³-hybridized carbons (Fsp3) is 0.158. The van der Waals surface area contributed by atoms with E-state index in [9.17, 15) is 4.79 Å². The van der Waals surface area contributed by atoms with Crippen molar-refractivity contribution in [1.82, 2.24) is 15.6 Å². The van der Waals surface area contributed by atoms with Crippen molar-refractivity contribution in [1.29, 1.82) is 0 Å². The first kappa shape index (κ1) is 21.8. The van der Waals surface area contributed by atoms with Gasteiger partial charge in [0.25, 0.3) is 5.91 Å². The van der Waals surface area contributed by atoms with E-state index in [1.54, 1.807) is 25.1 Å². The minimum absolute atomic E-state index is 0.213. The maximum absolute atomic E-state index is 12.0. The van der Waals surface area contributed by atoms with Crippen LogP contribution in [0.1, 0.15) is 11.1 Å². The largest absolute Gasteiger partial charge is 0.496 e. The van der Waals surface area contributed by atoms with E-state index in [2.05, 4.69) is 48.8 Å². The summed E-state index contributed by atoms with van der Waals surface area (Å²) in [5, 5.41) is 12.3. The van der Waals surface area contributed by atoms with Crippen molar-refractivity contribution in [2.75, 3.05) is 12.9 Å². The Morgan fingerprint density at radius 2 is 1.97 bits per heavy atom. The summed E-state index contributed by atoms with van der Waals surface area (Å²) in [6.45, 7) is 0. The lowest BCUT2D eigenvalue weighted by molar-refractivity contribution is -0.118. The average molecular weight is 509 g/mol. The van der Waals surface area contributed by atoms with E-state index in [-0.39, 0.29) is 11.7 Å². The minimum Gasteiger partial charge on any atom is -0.496 e. The second-order valence-electron chi connectivity index (χ2n) is 5.58. The molecule has 3 aromatic rings. The van der Waals surface area contributed by atoms with E-state index in [4.69, 9.17) is 4.74 Å². The highest BCUT2D eigenvalue weighted by Gasteiger charge is 2.09. The Morgan fingerprint density at radius 1 is 1.21 bits per heavy atom. The molecule has 0 aliphatic heterocycles. The van der Waals surface area contributed by atoms with E-state index >= 15 is 0 Å². The van der Waals surface area contributed by atoms with Gasteiger partial charge in [0.2, 0.25) is 0 Å². The second kappa shape index (κ2) is 11.3. The van der Waals surface area contributed by atoms with Crippen LogP contribution in [0.25, 0.3) is 0 Å². The Hall–Kier alpha value is -1.88. The number of hydrogen-bond acceptors (Lipinski definition) is 8. The maximum atomic E-state index is 12.0. The lowest BCUT2D eigenvalue weighted by Crippen LogP contribution is -2.19. The third-order valence-electron chi connectivity index (χ3n) is 3.50. The first-order chi connectivity index (χ1) is 14.1. The van der Waals surface area contributed by atoms with E-state index in [0.29, 0.717) is 5.75 Å². The van der Waals surface area contributed by atoms with E-state index < -0.39 is 0 Å². The number of benzene rings is 2. The van der Waals surface area contributed by atoms with Gasteiger partial charge in [-0.3, -0.25) is 4.79 Å². The Balaban J connectivity index is 1.44. The van der Waals surface area contributed by atoms with Gasteiger partial charge in [-0.1, -0.05) is 81.1 Å². The number of halogens is 1. The summed E-state index contributed by atoms with van der Waals surface area (Å²) in [5.41, 5.74) is 4.52. The summed E-state index contributed by atoms with van der Waals surface area (Å²) < 4.78 is 7.81. The van der Waals surface area contributed by atoms with Crippen molar-refractivity contribution in [3.05, 3.63) is 64.1 Å². The molecule has 1 heterocycles. The zero-order chi connectivity index (χ0) is 20.5. The van der Waals surface area contributed by atoms with Gasteiger partial charge in [0.05, 0.1) is 19.1 Å². The van der Waals surface area contributed by atoms with Crippen molar-refractivity contribution in [3.63, 3.8) is 0 Å². The molecule has 0 radical (unpaired) electrons. The molecular weight excluding hydrogens is 492 g/mol. The molecule has 0 saturated heterocycles. The lowest BCUT2D eigenvalue weighted by atomic mass is 10.2. The van der Waals surface area contributed by atoms with Crippen LogP contribution in [-0.4, -0.2) is 35.2 Å². The average Bonchev–Trinajstić information content (AvgIpc) is 3.20. The van der Waals surface area contributed by atoms with Crippen molar-refractivity contribution in [2.45, 2.75) is 14.4 Å². The van der Waals surface area contributed by atoms with Crippen LogP contribution in [0, 0.1) is 0 Å². The first-order valence-corrected chi connectivity index (χ1v) is 12.0. The van der Waals surface area contributed by atoms with Gasteiger partial charge in [-0.25, -0.2) is 5.43 Å². The van der Waals surface area contributed by atoms with Gasteiger partial charge >= 0.3 is 0 Å². The van der Waals surface area contributed by atoms with Crippen LogP contribution >= 0.6 is 50.8 Å². The van der Waals surface area contributed by atoms with Gasteiger partial charge in [-0.2, -0.15) is 5.10 Å². The molecule has 0 atom stereocenters. The summed E-state index contributed by atoms with van der Waals surface area (Å²) in [4.78, 5) is 12.0. The van der Waals surface area contributed by atoms with Gasteiger partial charge in [0.1, 0.15) is 5.75 Å². The highest BCUT2D eigenvalue weighted by Crippen LogP contribution is 2.30. The van der Waals surface area contributed by atoms with Crippen LogP contribution in [0.5, 0.6) is 5.75 Å². The van der Waals surface area contributed by atoms with Crippen LogP contribution in [0.15, 0.2) is 66.8 Å². The molecule has 1 amide bonds. The number of hydrazone groups is 1. The molecule has 0 spiro atoms. The number of amides is 1. The van der Waals surface area contributed by atoms with Crippen LogP contribution in [-0.2, 0) is 10.5 Å². The first-order valence-electron chi connectivity index (χ1n) is 8.42. The van der Waals surface area contributed by atoms with Gasteiger partial charge in [0, 0.05) is 15.8 Å². The molecular formula is C19H17BrN4O2S3. The molecule has 6 nitrogen and oxygen atoms in total. The molecule has 10 heteroatoms. The number of nitrogens with one attached hydrogen (secondary N) is 1. The van der Waals surface area contributed by atoms with E-state index in [1.807, 2.05) is 36.4 Å². The third kappa shape index (κ3) is 7.14. The number of ether oxygens (including phenoxy) is 1. The predicted octanol–water partition coefficient (Wildman–Crippen LogP) is 4.84. The standard InChI is InChI=1S/C19H17BrN4O2S3/c1-26-16-8-7-15(20)9-14(16)10-21-22-17(25)12-28-19-24-23-18(29-19)27-11-13-5-3-2-4-6-13/h2-10H,11-12H2,1H3,(H,22,25).